The second-order valence-electron chi connectivity index (χ2n) is 8.34. The smallest absolute Gasteiger partial charge is 0.407 e. The van der Waals surface area contributed by atoms with Gasteiger partial charge in [-0.1, -0.05) is 0 Å². The van der Waals surface area contributed by atoms with Crippen molar-refractivity contribution in [2.75, 3.05) is 0 Å². The van der Waals surface area contributed by atoms with Gasteiger partial charge >= 0.3 is 11.8 Å². The predicted molar refractivity (Wildman–Crippen MR) is 100 cm³/mol. The summed E-state index contributed by atoms with van der Waals surface area (Å²) < 4.78 is 5.27. The lowest BCUT2D eigenvalue weighted by atomic mass is 9.90. The second kappa shape index (κ2) is 7.29. The summed E-state index contributed by atoms with van der Waals surface area (Å²) >= 11 is 0. The van der Waals surface area contributed by atoms with E-state index in [4.69, 9.17) is 4.74 Å². The van der Waals surface area contributed by atoms with Gasteiger partial charge in [0.1, 0.15) is 5.60 Å². The number of hydrogen-bond donors (Lipinski definition) is 2. The number of hydrogen-bond acceptors (Lipinski definition) is 6. The summed E-state index contributed by atoms with van der Waals surface area (Å²) in [7, 11) is 0. The molecule has 1 aromatic rings. The summed E-state index contributed by atoms with van der Waals surface area (Å²) in [5, 5.41) is 23.7. The van der Waals surface area contributed by atoms with E-state index in [2.05, 4.69) is 5.32 Å². The molecule has 3 rings (SSSR count). The highest BCUT2D eigenvalue weighted by molar-refractivity contribution is 5.99. The molecular formula is C19H25N3O6. The number of nitro groups is 1. The lowest BCUT2D eigenvalue weighted by Crippen LogP contribution is -2.45. The Morgan fingerprint density at radius 1 is 1.29 bits per heavy atom. The van der Waals surface area contributed by atoms with E-state index >= 15 is 0 Å². The van der Waals surface area contributed by atoms with Crippen molar-refractivity contribution in [3.63, 3.8) is 0 Å². The molecule has 0 aromatic heterocycles. The molecule has 9 nitrogen and oxygen atoms in total. The summed E-state index contributed by atoms with van der Waals surface area (Å²) in [6.45, 7) is 5.72. The number of nitrogens with zero attached hydrogens (tertiary/aromatic N) is 2. The van der Waals surface area contributed by atoms with Gasteiger partial charge in [0.15, 0.2) is 5.75 Å². The maximum atomic E-state index is 12.7. The van der Waals surface area contributed by atoms with E-state index in [0.717, 1.165) is 12.8 Å². The standard InChI is InChI=1S/C19H25N3O6/c1-19(2,3)28-18(25)20-12-4-6-13(7-5-12)21-10-11-8-15(22(26)27)16(23)9-14(11)17(21)24/h8-9,12-13,23H,4-7,10H2,1-3H3,(H,20,25). The molecule has 1 aliphatic heterocycles. The number of phenolic OH excluding ortho intramolecular Hbond substituents is 1. The topological polar surface area (TPSA) is 122 Å². The van der Waals surface area contributed by atoms with Crippen LogP contribution in [0.5, 0.6) is 5.75 Å². The second-order valence-corrected chi connectivity index (χ2v) is 8.34. The maximum Gasteiger partial charge on any atom is 0.407 e. The number of nitro benzene ring substituents is 1. The van der Waals surface area contributed by atoms with Crippen LogP contribution >= 0.6 is 0 Å². The van der Waals surface area contributed by atoms with Crippen molar-refractivity contribution in [1.82, 2.24) is 10.2 Å². The molecule has 2 N–H and O–H groups in total. The highest BCUT2D eigenvalue weighted by Crippen LogP contribution is 2.36. The number of nitrogens with one attached hydrogen (secondary N) is 1. The Kier molecular flexibility index (Phi) is 5.18. The van der Waals surface area contributed by atoms with Crippen LogP contribution in [-0.2, 0) is 11.3 Å². The lowest BCUT2D eigenvalue weighted by molar-refractivity contribution is -0.385. The molecule has 9 heteroatoms. The molecule has 1 heterocycles. The predicted octanol–water partition coefficient (Wildman–Crippen LogP) is 3.09. The van der Waals surface area contributed by atoms with Crippen LogP contribution in [0.1, 0.15) is 62.4 Å². The lowest BCUT2D eigenvalue weighted by Gasteiger charge is -2.35. The number of amides is 2. The molecule has 0 radical (unpaired) electrons. The number of benzene rings is 1. The fourth-order valence-electron chi connectivity index (χ4n) is 3.81. The molecule has 1 saturated carbocycles. The molecule has 1 aliphatic carbocycles. The van der Waals surface area contributed by atoms with Crippen LogP contribution in [0.4, 0.5) is 10.5 Å². The summed E-state index contributed by atoms with van der Waals surface area (Å²) in [6.07, 6.45) is 2.43. The SMILES string of the molecule is CC(C)(C)OC(=O)NC1CCC(N2Cc3cc([N+](=O)[O-])c(O)cc3C2=O)CC1. The Balaban J connectivity index is 1.60. The van der Waals surface area contributed by atoms with E-state index in [1.807, 2.05) is 20.8 Å². The number of rotatable bonds is 3. The van der Waals surface area contributed by atoms with Crippen molar-refractivity contribution in [2.24, 2.45) is 0 Å². The van der Waals surface area contributed by atoms with E-state index in [1.165, 1.54) is 12.1 Å². The first-order chi connectivity index (χ1) is 13.0. The minimum atomic E-state index is -0.656. The summed E-state index contributed by atoms with van der Waals surface area (Å²) in [5.74, 6) is -0.715. The maximum absolute atomic E-state index is 12.7. The quantitative estimate of drug-likeness (QED) is 0.603. The van der Waals surface area contributed by atoms with Crippen LogP contribution in [-0.4, -0.2) is 44.6 Å². The fraction of sp³-hybridized carbons (Fsp3) is 0.579. The number of carbonyl (C=O) groups excluding carboxylic acids is 2. The molecule has 152 valence electrons. The van der Waals surface area contributed by atoms with Gasteiger partial charge in [0.2, 0.25) is 0 Å². The van der Waals surface area contributed by atoms with Crippen LogP contribution in [0.15, 0.2) is 12.1 Å². The van der Waals surface area contributed by atoms with E-state index < -0.39 is 28.1 Å². The zero-order valence-corrected chi connectivity index (χ0v) is 16.2. The van der Waals surface area contributed by atoms with Gasteiger partial charge in [-0.15, -0.1) is 0 Å². The van der Waals surface area contributed by atoms with Gasteiger partial charge in [-0.3, -0.25) is 14.9 Å². The summed E-state index contributed by atoms with van der Waals surface area (Å²) in [5.41, 5.74) is -0.0669. The highest BCUT2D eigenvalue weighted by atomic mass is 16.6. The van der Waals surface area contributed by atoms with Gasteiger partial charge < -0.3 is 20.1 Å². The molecule has 0 atom stereocenters. The van der Waals surface area contributed by atoms with Crippen molar-refractivity contribution in [2.45, 2.75) is 70.7 Å². The molecule has 0 saturated heterocycles. The van der Waals surface area contributed by atoms with Crippen molar-refractivity contribution < 1.29 is 24.4 Å². The van der Waals surface area contributed by atoms with Crippen LogP contribution in [0.25, 0.3) is 0 Å². The number of ether oxygens (including phenoxy) is 1. The molecule has 1 fully saturated rings. The highest BCUT2D eigenvalue weighted by Gasteiger charge is 2.37. The minimum Gasteiger partial charge on any atom is -0.502 e. The van der Waals surface area contributed by atoms with Crippen LogP contribution in [0.3, 0.4) is 0 Å². The number of fused-ring (bicyclic) bond motifs is 1. The largest absolute Gasteiger partial charge is 0.502 e. The third-order valence-electron chi connectivity index (χ3n) is 5.09. The normalized spacial score (nSPS) is 22.0. The molecule has 0 unspecified atom stereocenters. The van der Waals surface area contributed by atoms with Gasteiger partial charge in [-0.25, -0.2) is 4.79 Å². The monoisotopic (exact) mass is 391 g/mol. The Labute approximate surface area is 162 Å². The van der Waals surface area contributed by atoms with Crippen LogP contribution < -0.4 is 5.32 Å². The fourth-order valence-corrected chi connectivity index (χ4v) is 3.81. The van der Waals surface area contributed by atoms with E-state index in [-0.39, 0.29) is 18.0 Å². The molecule has 2 aliphatic rings. The molecule has 2 amide bonds. The third-order valence-corrected chi connectivity index (χ3v) is 5.09. The summed E-state index contributed by atoms with van der Waals surface area (Å²) in [4.78, 5) is 36.7. The van der Waals surface area contributed by atoms with Crippen molar-refractivity contribution in [1.29, 1.82) is 0 Å². The van der Waals surface area contributed by atoms with E-state index in [0.29, 0.717) is 30.5 Å². The van der Waals surface area contributed by atoms with Gasteiger partial charge in [0.05, 0.1) is 4.92 Å². The number of carbonyl (C=O) groups is 2. The van der Waals surface area contributed by atoms with E-state index in [1.54, 1.807) is 4.90 Å². The molecule has 28 heavy (non-hydrogen) atoms. The number of phenols is 1. The van der Waals surface area contributed by atoms with Gasteiger partial charge in [-0.05, 0) is 52.0 Å². The Hall–Kier alpha value is -2.84. The van der Waals surface area contributed by atoms with Gasteiger partial charge in [0.25, 0.3) is 5.91 Å². The number of alkyl carbamates (subject to hydrolysis) is 1. The van der Waals surface area contributed by atoms with E-state index in [9.17, 15) is 24.8 Å². The minimum absolute atomic E-state index is 0.00205. The van der Waals surface area contributed by atoms with Gasteiger partial charge in [-0.2, -0.15) is 0 Å². The number of aromatic hydroxyl groups is 1. The Morgan fingerprint density at radius 2 is 1.93 bits per heavy atom. The van der Waals surface area contributed by atoms with Crippen molar-refractivity contribution >= 4 is 17.7 Å². The van der Waals surface area contributed by atoms with Crippen LogP contribution in [0.2, 0.25) is 0 Å². The molecule has 0 spiro atoms. The average molecular weight is 391 g/mol. The summed E-state index contributed by atoms with van der Waals surface area (Å²) in [6, 6.07) is 2.46. The molecule has 1 aromatic carbocycles. The van der Waals surface area contributed by atoms with Crippen LogP contribution in [0, 0.1) is 10.1 Å². The zero-order valence-electron chi connectivity index (χ0n) is 16.2. The first kappa shape index (κ1) is 19.9. The average Bonchev–Trinajstić information content (AvgIpc) is 2.89. The Morgan fingerprint density at radius 3 is 2.50 bits per heavy atom. The van der Waals surface area contributed by atoms with Crippen molar-refractivity contribution in [3.8, 4) is 5.75 Å². The first-order valence-corrected chi connectivity index (χ1v) is 9.36. The molecule has 0 bridgehead atoms. The Bertz CT molecular complexity index is 809. The van der Waals surface area contributed by atoms with Gasteiger partial charge in [0, 0.05) is 36.3 Å². The molecular weight excluding hydrogens is 366 g/mol. The zero-order chi connectivity index (χ0) is 20.6. The third kappa shape index (κ3) is 4.18. The van der Waals surface area contributed by atoms with Crippen molar-refractivity contribution in [3.05, 3.63) is 33.4 Å². The first-order valence-electron chi connectivity index (χ1n) is 9.36.